The summed E-state index contributed by atoms with van der Waals surface area (Å²) in [7, 11) is 0. The van der Waals surface area contributed by atoms with E-state index in [0.717, 1.165) is 43.1 Å². The number of nitrogens with zero attached hydrogens (tertiary/aromatic N) is 4. The Bertz CT molecular complexity index is 1460. The summed E-state index contributed by atoms with van der Waals surface area (Å²) in [6.45, 7) is 6.96. The van der Waals surface area contributed by atoms with Crippen molar-refractivity contribution in [2.45, 2.75) is 25.9 Å². The maximum Gasteiger partial charge on any atom is 0.333 e. The first-order chi connectivity index (χ1) is 19.0. The summed E-state index contributed by atoms with van der Waals surface area (Å²) in [5.74, 6) is -0.547. The molecular weight excluding hydrogens is 495 g/mol. The van der Waals surface area contributed by atoms with Crippen LogP contribution in [0.4, 0.5) is 10.1 Å². The number of hydrogen-bond donors (Lipinski definition) is 0. The Kier molecular flexibility index (Phi) is 7.93. The van der Waals surface area contributed by atoms with Crippen molar-refractivity contribution in [2.24, 2.45) is 0 Å². The number of piperazine rings is 1. The predicted molar refractivity (Wildman–Crippen MR) is 150 cm³/mol. The van der Waals surface area contributed by atoms with Crippen molar-refractivity contribution < 1.29 is 13.9 Å². The first-order valence-corrected chi connectivity index (χ1v) is 13.3. The summed E-state index contributed by atoms with van der Waals surface area (Å²) >= 11 is 0. The maximum absolute atomic E-state index is 14.3. The van der Waals surface area contributed by atoms with Crippen molar-refractivity contribution in [1.82, 2.24) is 14.0 Å². The number of anilines is 1. The normalized spacial score (nSPS) is 15.6. The number of esters is 1. The van der Waals surface area contributed by atoms with Gasteiger partial charge in [-0.2, -0.15) is 0 Å². The van der Waals surface area contributed by atoms with Gasteiger partial charge >= 0.3 is 11.7 Å². The lowest BCUT2D eigenvalue weighted by Gasteiger charge is -2.39. The molecule has 1 aliphatic heterocycles. The molecule has 0 spiro atoms. The fraction of sp³-hybridized carbons (Fsp3) is 0.290. The van der Waals surface area contributed by atoms with E-state index in [1.54, 1.807) is 35.2 Å². The number of halogens is 1. The number of benzene rings is 3. The molecule has 0 unspecified atom stereocenters. The molecule has 8 heteroatoms. The second-order valence-electron chi connectivity index (χ2n) is 9.66. The smallest absolute Gasteiger partial charge is 0.333 e. The third kappa shape index (κ3) is 5.52. The summed E-state index contributed by atoms with van der Waals surface area (Å²) in [5, 5.41) is 0. The van der Waals surface area contributed by atoms with E-state index in [0.29, 0.717) is 12.2 Å². The van der Waals surface area contributed by atoms with Crippen LogP contribution in [0.3, 0.4) is 0 Å². The van der Waals surface area contributed by atoms with Gasteiger partial charge in [0, 0.05) is 49.8 Å². The summed E-state index contributed by atoms with van der Waals surface area (Å²) in [4.78, 5) is 30.4. The molecule has 0 N–H and O–H groups in total. The lowest BCUT2D eigenvalue weighted by molar-refractivity contribution is -0.150. The number of aromatic nitrogens is 2. The molecule has 0 radical (unpaired) electrons. The summed E-state index contributed by atoms with van der Waals surface area (Å²) in [6.07, 6.45) is 3.41. The minimum absolute atomic E-state index is 0.219. The van der Waals surface area contributed by atoms with Gasteiger partial charge in [0.2, 0.25) is 0 Å². The molecule has 0 aliphatic carbocycles. The monoisotopic (exact) mass is 528 g/mol. The maximum atomic E-state index is 14.3. The van der Waals surface area contributed by atoms with Gasteiger partial charge in [-0.25, -0.2) is 14.0 Å². The summed E-state index contributed by atoms with van der Waals surface area (Å²) in [5.41, 5.74) is 2.99. The molecule has 7 nitrogen and oxygen atoms in total. The second-order valence-corrected chi connectivity index (χ2v) is 9.66. The van der Waals surface area contributed by atoms with Crippen molar-refractivity contribution in [2.75, 3.05) is 37.7 Å². The molecular formula is C31H33FN4O3. The first kappa shape index (κ1) is 26.4. The van der Waals surface area contributed by atoms with Gasteiger partial charge in [-0.3, -0.25) is 14.0 Å². The van der Waals surface area contributed by atoms with Crippen LogP contribution < -0.4 is 10.6 Å². The largest absolute Gasteiger partial charge is 0.465 e. The number of rotatable bonds is 8. The lowest BCUT2D eigenvalue weighted by Crippen LogP contribution is -2.49. The van der Waals surface area contributed by atoms with Crippen LogP contribution in [0.2, 0.25) is 0 Å². The minimum Gasteiger partial charge on any atom is -0.465 e. The predicted octanol–water partition coefficient (Wildman–Crippen LogP) is 4.81. The molecule has 0 amide bonds. The number of ether oxygens (including phenoxy) is 1. The molecule has 5 rings (SSSR count). The Labute approximate surface area is 227 Å². The average Bonchev–Trinajstić information content (AvgIpc) is 3.35. The molecule has 4 aromatic rings. The van der Waals surface area contributed by atoms with Gasteiger partial charge in [0.15, 0.2) is 0 Å². The molecule has 1 fully saturated rings. The van der Waals surface area contributed by atoms with E-state index < -0.39 is 12.1 Å². The van der Waals surface area contributed by atoms with Gasteiger partial charge < -0.3 is 9.64 Å². The number of carbonyl (C=O) groups is 1. The molecule has 3 aromatic carbocycles. The van der Waals surface area contributed by atoms with Crippen LogP contribution in [0.5, 0.6) is 0 Å². The third-order valence-electron chi connectivity index (χ3n) is 7.37. The van der Waals surface area contributed by atoms with Gasteiger partial charge in [-0.05, 0) is 49.7 Å². The van der Waals surface area contributed by atoms with Gasteiger partial charge in [0.1, 0.15) is 11.9 Å². The zero-order valence-electron chi connectivity index (χ0n) is 22.2. The van der Waals surface area contributed by atoms with Crippen LogP contribution in [0, 0.1) is 5.82 Å². The number of hydrogen-bond acceptors (Lipinski definition) is 5. The van der Waals surface area contributed by atoms with E-state index in [2.05, 4.69) is 9.80 Å². The highest BCUT2D eigenvalue weighted by Gasteiger charge is 2.31. The van der Waals surface area contributed by atoms with Crippen LogP contribution in [-0.2, 0) is 9.53 Å². The molecule has 39 heavy (non-hydrogen) atoms. The lowest BCUT2D eigenvalue weighted by atomic mass is 10.0. The highest BCUT2D eigenvalue weighted by atomic mass is 19.1. The molecule has 202 valence electrons. The average molecular weight is 529 g/mol. The van der Waals surface area contributed by atoms with E-state index in [1.165, 1.54) is 10.6 Å². The summed E-state index contributed by atoms with van der Waals surface area (Å²) in [6, 6.07) is 23.3. The summed E-state index contributed by atoms with van der Waals surface area (Å²) < 4.78 is 22.8. The van der Waals surface area contributed by atoms with Crippen LogP contribution in [0.25, 0.3) is 5.69 Å². The molecule has 1 saturated heterocycles. The molecule has 1 aromatic heterocycles. The molecule has 0 bridgehead atoms. The third-order valence-corrected chi connectivity index (χ3v) is 7.37. The van der Waals surface area contributed by atoms with Crippen LogP contribution in [0.15, 0.2) is 96.1 Å². The molecule has 2 heterocycles. The Morgan fingerprint density at radius 3 is 2.18 bits per heavy atom. The van der Waals surface area contributed by atoms with Crippen molar-refractivity contribution in [3.8, 4) is 5.69 Å². The highest BCUT2D eigenvalue weighted by molar-refractivity contribution is 5.77. The van der Waals surface area contributed by atoms with Crippen LogP contribution in [0.1, 0.15) is 37.1 Å². The Morgan fingerprint density at radius 2 is 1.51 bits per heavy atom. The fourth-order valence-electron chi connectivity index (χ4n) is 5.26. The molecule has 0 saturated carbocycles. The van der Waals surface area contributed by atoms with E-state index in [-0.39, 0.29) is 17.5 Å². The van der Waals surface area contributed by atoms with Crippen LogP contribution >= 0.6 is 0 Å². The van der Waals surface area contributed by atoms with Crippen LogP contribution in [-0.4, -0.2) is 52.8 Å². The Hall–Kier alpha value is -4.17. The SMILES string of the molecule is CCOC(=O)[C@@H](c1ccccc1)N1CCN(c2ccc(-n3ccn([C@@H](C)c4ccccc4F)c3=O)cc2)CC1. The zero-order valence-corrected chi connectivity index (χ0v) is 22.2. The second kappa shape index (κ2) is 11.7. The van der Waals surface area contributed by atoms with Gasteiger partial charge in [-0.15, -0.1) is 0 Å². The van der Waals surface area contributed by atoms with Crippen molar-refractivity contribution in [3.63, 3.8) is 0 Å². The Balaban J connectivity index is 1.27. The van der Waals surface area contributed by atoms with Crippen molar-refractivity contribution in [3.05, 3.63) is 119 Å². The highest BCUT2D eigenvalue weighted by Crippen LogP contribution is 2.26. The number of imidazole rings is 1. The van der Waals surface area contributed by atoms with E-state index in [4.69, 9.17) is 4.74 Å². The molecule has 2 atom stereocenters. The van der Waals surface area contributed by atoms with Gasteiger partial charge in [-0.1, -0.05) is 48.5 Å². The van der Waals surface area contributed by atoms with Crippen molar-refractivity contribution in [1.29, 1.82) is 0 Å². The topological polar surface area (TPSA) is 59.7 Å². The fourth-order valence-corrected chi connectivity index (χ4v) is 5.26. The van der Waals surface area contributed by atoms with Crippen molar-refractivity contribution >= 4 is 11.7 Å². The van der Waals surface area contributed by atoms with E-state index in [9.17, 15) is 14.0 Å². The van der Waals surface area contributed by atoms with Gasteiger partial charge in [0.05, 0.1) is 18.3 Å². The molecule has 1 aliphatic rings. The first-order valence-electron chi connectivity index (χ1n) is 13.3. The van der Waals surface area contributed by atoms with Gasteiger partial charge in [0.25, 0.3) is 0 Å². The van der Waals surface area contributed by atoms with E-state index >= 15 is 0 Å². The quantitative estimate of drug-likeness (QED) is 0.307. The zero-order chi connectivity index (χ0) is 27.4. The number of carbonyl (C=O) groups excluding carboxylic acids is 1. The minimum atomic E-state index is -0.426. The Morgan fingerprint density at radius 1 is 0.872 bits per heavy atom. The standard InChI is InChI=1S/C31H33FN4O3/c1-3-39-30(37)29(24-9-5-4-6-10-24)34-19-17-33(18-20-34)25-13-15-26(16-14-25)36-22-21-35(31(36)38)23(2)27-11-7-8-12-28(27)32/h4-16,21-23,29H,3,17-20H2,1-2H3/t23-,29+/m0/s1. The van der Waals surface area contributed by atoms with E-state index in [1.807, 2.05) is 68.4 Å².